The maximum atomic E-state index is 12.2. The second-order valence-electron chi connectivity index (χ2n) is 6.01. The molecule has 24 heavy (non-hydrogen) atoms. The molecule has 1 amide bonds. The van der Waals surface area contributed by atoms with Crippen molar-refractivity contribution in [2.24, 2.45) is 11.7 Å². The fourth-order valence-electron chi connectivity index (χ4n) is 2.05. The summed E-state index contributed by atoms with van der Waals surface area (Å²) in [7, 11) is 0. The average molecular weight is 385 g/mol. The Hall–Kier alpha value is -1.35. The Kier molecular flexibility index (Phi) is 10.9. The Morgan fingerprint density at radius 2 is 2.00 bits per heavy atom. The fraction of sp³-hybridized carbons (Fsp3) is 0.643. The van der Waals surface area contributed by atoms with E-state index in [9.17, 15) is 14.7 Å². The van der Waals surface area contributed by atoms with E-state index in [1.807, 2.05) is 13.8 Å². The zero-order valence-corrected chi connectivity index (χ0v) is 15.5. The number of H-pyrrole nitrogens is 1. The SMILES string of the molecule is CC(C)C[C@H](NC(=O)[C@@H](N)Cc1c[nH]cn1)C(C)(O)C(=O)O.Cl.Cl. The van der Waals surface area contributed by atoms with E-state index in [1.165, 1.54) is 13.3 Å². The molecular weight excluding hydrogens is 359 g/mol. The second-order valence-corrected chi connectivity index (χ2v) is 6.01. The van der Waals surface area contributed by atoms with Crippen molar-refractivity contribution in [3.63, 3.8) is 0 Å². The van der Waals surface area contributed by atoms with Crippen molar-refractivity contribution in [2.75, 3.05) is 0 Å². The molecule has 1 unspecified atom stereocenters. The van der Waals surface area contributed by atoms with Crippen LogP contribution in [0.3, 0.4) is 0 Å². The number of halogens is 2. The third-order valence-corrected chi connectivity index (χ3v) is 3.46. The number of hydrogen-bond acceptors (Lipinski definition) is 5. The van der Waals surface area contributed by atoms with E-state index in [0.717, 1.165) is 0 Å². The van der Waals surface area contributed by atoms with Gasteiger partial charge >= 0.3 is 5.97 Å². The standard InChI is InChI=1S/C14H24N4O4.2ClH/c1-8(2)4-11(14(3,22)13(20)21)18-12(19)10(15)5-9-6-16-7-17-9;;/h6-8,10-11,22H,4-5,15H2,1-3H3,(H,16,17)(H,18,19)(H,20,21);2*1H/t10-,11-,14?;;/m0../s1. The van der Waals surface area contributed by atoms with Crippen LogP contribution in [0, 0.1) is 5.92 Å². The van der Waals surface area contributed by atoms with Gasteiger partial charge in [-0.25, -0.2) is 9.78 Å². The fourth-order valence-corrected chi connectivity index (χ4v) is 2.05. The number of carboxylic acids is 1. The van der Waals surface area contributed by atoms with Crippen molar-refractivity contribution in [2.45, 2.75) is 51.3 Å². The third kappa shape index (κ3) is 7.04. The van der Waals surface area contributed by atoms with Gasteiger partial charge in [-0.15, -0.1) is 24.8 Å². The van der Waals surface area contributed by atoms with E-state index in [-0.39, 0.29) is 37.2 Å². The first-order chi connectivity index (χ1) is 10.1. The van der Waals surface area contributed by atoms with Crippen LogP contribution in [0.4, 0.5) is 0 Å². The Bertz CT molecular complexity index is 509. The van der Waals surface area contributed by atoms with Crippen LogP contribution in [-0.2, 0) is 16.0 Å². The number of carboxylic acid groups (broad SMARTS) is 1. The number of nitrogens with one attached hydrogen (secondary N) is 2. The highest BCUT2D eigenvalue weighted by Crippen LogP contribution is 2.18. The van der Waals surface area contributed by atoms with Crippen LogP contribution >= 0.6 is 24.8 Å². The Morgan fingerprint density at radius 3 is 2.42 bits per heavy atom. The lowest BCUT2D eigenvalue weighted by Gasteiger charge is -2.31. The quantitative estimate of drug-likeness (QED) is 0.441. The van der Waals surface area contributed by atoms with E-state index in [4.69, 9.17) is 10.8 Å². The van der Waals surface area contributed by atoms with Crippen LogP contribution in [0.5, 0.6) is 0 Å². The molecule has 3 atom stereocenters. The maximum Gasteiger partial charge on any atom is 0.337 e. The van der Waals surface area contributed by atoms with Gasteiger partial charge in [-0.2, -0.15) is 0 Å². The summed E-state index contributed by atoms with van der Waals surface area (Å²) in [4.78, 5) is 30.1. The lowest BCUT2D eigenvalue weighted by molar-refractivity contribution is -0.160. The Balaban J connectivity index is 0. The lowest BCUT2D eigenvalue weighted by atomic mass is 9.89. The molecular formula is C14H26Cl2N4O4. The minimum Gasteiger partial charge on any atom is -0.479 e. The Morgan fingerprint density at radius 1 is 1.42 bits per heavy atom. The van der Waals surface area contributed by atoms with Gasteiger partial charge in [-0.3, -0.25) is 4.79 Å². The molecule has 0 saturated carbocycles. The normalized spacial score (nSPS) is 15.4. The van der Waals surface area contributed by atoms with Crippen molar-refractivity contribution in [3.05, 3.63) is 18.2 Å². The van der Waals surface area contributed by atoms with Crippen LogP contribution in [0.15, 0.2) is 12.5 Å². The topological polar surface area (TPSA) is 141 Å². The smallest absolute Gasteiger partial charge is 0.337 e. The third-order valence-electron chi connectivity index (χ3n) is 3.46. The molecule has 10 heteroatoms. The minimum absolute atomic E-state index is 0. The van der Waals surface area contributed by atoms with Gasteiger partial charge in [0, 0.05) is 12.6 Å². The number of aromatic nitrogens is 2. The first-order valence-electron chi connectivity index (χ1n) is 7.14. The molecule has 0 fully saturated rings. The van der Waals surface area contributed by atoms with Crippen LogP contribution in [0.2, 0.25) is 0 Å². The summed E-state index contributed by atoms with van der Waals surface area (Å²) in [6.07, 6.45) is 3.65. The van der Waals surface area contributed by atoms with E-state index < -0.39 is 29.6 Å². The van der Waals surface area contributed by atoms with Crippen molar-refractivity contribution in [3.8, 4) is 0 Å². The number of nitrogens with zero attached hydrogens (tertiary/aromatic N) is 1. The van der Waals surface area contributed by atoms with E-state index in [2.05, 4.69) is 15.3 Å². The predicted octanol–water partition coefficient (Wildman–Crippen LogP) is 0.490. The molecule has 1 rings (SSSR count). The molecule has 0 aliphatic heterocycles. The van der Waals surface area contributed by atoms with E-state index in [1.54, 1.807) is 6.20 Å². The molecule has 0 bridgehead atoms. The number of hydrogen-bond donors (Lipinski definition) is 5. The van der Waals surface area contributed by atoms with Crippen LogP contribution in [0.25, 0.3) is 0 Å². The molecule has 1 aromatic heterocycles. The molecule has 0 aliphatic carbocycles. The van der Waals surface area contributed by atoms with Crippen molar-refractivity contribution >= 4 is 36.7 Å². The molecule has 0 aromatic carbocycles. The van der Waals surface area contributed by atoms with Gasteiger partial charge in [0.15, 0.2) is 5.60 Å². The molecule has 6 N–H and O–H groups in total. The molecule has 1 aromatic rings. The van der Waals surface area contributed by atoms with E-state index in [0.29, 0.717) is 12.1 Å². The second kappa shape index (κ2) is 10.5. The van der Waals surface area contributed by atoms with Crippen molar-refractivity contribution in [1.82, 2.24) is 15.3 Å². The number of rotatable bonds is 8. The van der Waals surface area contributed by atoms with Crippen LogP contribution < -0.4 is 11.1 Å². The lowest BCUT2D eigenvalue weighted by Crippen LogP contribution is -2.58. The average Bonchev–Trinajstić information content (AvgIpc) is 2.89. The van der Waals surface area contributed by atoms with Gasteiger partial charge in [0.2, 0.25) is 5.91 Å². The number of carbonyl (C=O) groups excluding carboxylic acids is 1. The van der Waals surface area contributed by atoms with Gasteiger partial charge in [-0.1, -0.05) is 13.8 Å². The summed E-state index contributed by atoms with van der Waals surface area (Å²) in [6, 6.07) is -1.80. The molecule has 140 valence electrons. The first kappa shape index (κ1) is 24.9. The highest BCUT2D eigenvalue weighted by atomic mass is 35.5. The highest BCUT2D eigenvalue weighted by Gasteiger charge is 2.41. The van der Waals surface area contributed by atoms with Gasteiger partial charge in [-0.05, 0) is 19.3 Å². The molecule has 0 radical (unpaired) electrons. The summed E-state index contributed by atoms with van der Waals surface area (Å²) in [5.74, 6) is -1.81. The molecule has 0 aliphatic rings. The molecule has 8 nitrogen and oxygen atoms in total. The van der Waals surface area contributed by atoms with Gasteiger partial charge in [0.1, 0.15) is 0 Å². The highest BCUT2D eigenvalue weighted by molar-refractivity contribution is 5.86. The molecule has 0 saturated heterocycles. The summed E-state index contributed by atoms with van der Waals surface area (Å²) >= 11 is 0. The monoisotopic (exact) mass is 384 g/mol. The minimum atomic E-state index is -2.06. The summed E-state index contributed by atoms with van der Waals surface area (Å²) < 4.78 is 0. The predicted molar refractivity (Wildman–Crippen MR) is 94.4 cm³/mol. The molecule has 0 spiro atoms. The number of aliphatic hydroxyl groups is 1. The number of carbonyl (C=O) groups is 2. The summed E-state index contributed by atoms with van der Waals surface area (Å²) in [6.45, 7) is 4.92. The first-order valence-corrected chi connectivity index (χ1v) is 7.14. The van der Waals surface area contributed by atoms with Crippen LogP contribution in [-0.4, -0.2) is 49.7 Å². The van der Waals surface area contributed by atoms with Crippen molar-refractivity contribution < 1.29 is 19.8 Å². The Labute approximate surface area is 153 Å². The van der Waals surface area contributed by atoms with Gasteiger partial charge in [0.05, 0.1) is 24.1 Å². The number of amides is 1. The summed E-state index contributed by atoms with van der Waals surface area (Å²) in [5, 5.41) is 21.8. The number of imidazole rings is 1. The van der Waals surface area contributed by atoms with Crippen molar-refractivity contribution in [1.29, 1.82) is 0 Å². The maximum absolute atomic E-state index is 12.2. The zero-order chi connectivity index (χ0) is 16.9. The van der Waals surface area contributed by atoms with E-state index >= 15 is 0 Å². The van der Waals surface area contributed by atoms with Gasteiger partial charge in [0.25, 0.3) is 0 Å². The number of aliphatic carboxylic acids is 1. The largest absolute Gasteiger partial charge is 0.479 e. The summed E-state index contributed by atoms with van der Waals surface area (Å²) in [5.41, 5.74) is 4.38. The molecule has 1 heterocycles. The number of aromatic amines is 1. The van der Waals surface area contributed by atoms with Gasteiger partial charge < -0.3 is 26.2 Å². The zero-order valence-electron chi connectivity index (χ0n) is 13.9. The van der Waals surface area contributed by atoms with Crippen LogP contribution in [0.1, 0.15) is 32.9 Å². The number of nitrogens with two attached hydrogens (primary N) is 1.